The quantitative estimate of drug-likeness (QED) is 0.905. The van der Waals surface area contributed by atoms with Crippen LogP contribution in [0.5, 0.6) is 0 Å². The molecule has 1 aromatic rings. The highest BCUT2D eigenvalue weighted by Gasteiger charge is 2.35. The van der Waals surface area contributed by atoms with Gasteiger partial charge in [0, 0.05) is 17.6 Å². The predicted molar refractivity (Wildman–Crippen MR) is 73.4 cm³/mol. The van der Waals surface area contributed by atoms with Crippen LogP contribution in [0.1, 0.15) is 12.0 Å². The summed E-state index contributed by atoms with van der Waals surface area (Å²) in [5.41, 5.74) is 0.948. The number of nitrogens with zero attached hydrogens (tertiary/aromatic N) is 1. The standard InChI is InChI=1S/C12H14BrNO4S/c1-8-2-3-10(6-11(8)13)19(17,18)14-5-4-9(7-14)12(15)16/h2-3,6,9H,4-5,7H2,1H3,(H,15,16). The molecule has 0 spiro atoms. The Labute approximate surface area is 120 Å². The molecule has 0 bridgehead atoms. The number of aliphatic carboxylic acids is 1. The van der Waals surface area contributed by atoms with Gasteiger partial charge in [0.05, 0.1) is 10.8 Å². The van der Waals surface area contributed by atoms with Crippen LogP contribution in [0.25, 0.3) is 0 Å². The van der Waals surface area contributed by atoms with Crippen LogP contribution >= 0.6 is 15.9 Å². The summed E-state index contributed by atoms with van der Waals surface area (Å²) in [6.07, 6.45) is 0.363. The molecular formula is C12H14BrNO4S. The van der Waals surface area contributed by atoms with Crippen molar-refractivity contribution in [3.63, 3.8) is 0 Å². The number of carbonyl (C=O) groups is 1. The van der Waals surface area contributed by atoms with Crippen LogP contribution in [-0.4, -0.2) is 36.9 Å². The fourth-order valence-corrected chi connectivity index (χ4v) is 4.09. The first-order chi connectivity index (χ1) is 8.82. The third-order valence-corrected chi connectivity index (χ3v) is 6.00. The van der Waals surface area contributed by atoms with Gasteiger partial charge < -0.3 is 5.11 Å². The van der Waals surface area contributed by atoms with E-state index in [0.29, 0.717) is 6.42 Å². The van der Waals surface area contributed by atoms with Gasteiger partial charge in [-0.15, -0.1) is 0 Å². The molecule has 19 heavy (non-hydrogen) atoms. The van der Waals surface area contributed by atoms with E-state index >= 15 is 0 Å². The van der Waals surface area contributed by atoms with Gasteiger partial charge in [-0.2, -0.15) is 4.31 Å². The van der Waals surface area contributed by atoms with Crippen LogP contribution in [0.2, 0.25) is 0 Å². The molecule has 0 saturated carbocycles. The van der Waals surface area contributed by atoms with Crippen molar-refractivity contribution in [3.8, 4) is 0 Å². The maximum atomic E-state index is 12.4. The van der Waals surface area contributed by atoms with Gasteiger partial charge in [0.2, 0.25) is 10.0 Å². The molecule has 0 aliphatic carbocycles. The average Bonchev–Trinajstić information content (AvgIpc) is 2.82. The molecule has 2 rings (SSSR count). The van der Waals surface area contributed by atoms with Crippen LogP contribution < -0.4 is 0 Å². The normalized spacial score (nSPS) is 20.6. The van der Waals surface area contributed by atoms with Crippen molar-refractivity contribution >= 4 is 31.9 Å². The summed E-state index contributed by atoms with van der Waals surface area (Å²) in [4.78, 5) is 11.1. The smallest absolute Gasteiger partial charge is 0.307 e. The number of halogens is 1. The molecule has 1 fully saturated rings. The molecule has 1 saturated heterocycles. The zero-order chi connectivity index (χ0) is 14.2. The van der Waals surface area contributed by atoms with Crippen molar-refractivity contribution in [1.29, 1.82) is 0 Å². The highest BCUT2D eigenvalue weighted by molar-refractivity contribution is 9.10. The van der Waals surface area contributed by atoms with Gasteiger partial charge in [-0.3, -0.25) is 4.79 Å². The second-order valence-corrected chi connectivity index (χ2v) is 7.39. The summed E-state index contributed by atoms with van der Waals surface area (Å²) in [6, 6.07) is 4.82. The Morgan fingerprint density at radius 1 is 1.47 bits per heavy atom. The van der Waals surface area contributed by atoms with Gasteiger partial charge in [0.15, 0.2) is 0 Å². The molecule has 0 radical (unpaired) electrons. The van der Waals surface area contributed by atoms with Gasteiger partial charge in [-0.25, -0.2) is 8.42 Å². The molecule has 1 atom stereocenters. The second-order valence-electron chi connectivity index (χ2n) is 4.60. The van der Waals surface area contributed by atoms with Gasteiger partial charge in [0.25, 0.3) is 0 Å². The average molecular weight is 348 g/mol. The van der Waals surface area contributed by atoms with Crippen LogP contribution in [-0.2, 0) is 14.8 Å². The Bertz CT molecular complexity index is 614. The first kappa shape index (κ1) is 14.5. The molecule has 104 valence electrons. The molecule has 1 unspecified atom stereocenters. The summed E-state index contributed by atoms with van der Waals surface area (Å²) in [5, 5.41) is 8.92. The number of hydrogen-bond donors (Lipinski definition) is 1. The van der Waals surface area contributed by atoms with Crippen molar-refractivity contribution in [3.05, 3.63) is 28.2 Å². The number of aryl methyl sites for hydroxylation is 1. The van der Waals surface area contributed by atoms with Gasteiger partial charge in [0.1, 0.15) is 0 Å². The summed E-state index contributed by atoms with van der Waals surface area (Å²) >= 11 is 3.31. The highest BCUT2D eigenvalue weighted by atomic mass is 79.9. The van der Waals surface area contributed by atoms with Gasteiger partial charge >= 0.3 is 5.97 Å². The number of carboxylic acid groups (broad SMARTS) is 1. The monoisotopic (exact) mass is 347 g/mol. The molecule has 1 heterocycles. The highest BCUT2D eigenvalue weighted by Crippen LogP contribution is 2.27. The zero-order valence-corrected chi connectivity index (χ0v) is 12.7. The van der Waals surface area contributed by atoms with Crippen molar-refractivity contribution in [1.82, 2.24) is 4.31 Å². The molecule has 1 aliphatic heterocycles. The topological polar surface area (TPSA) is 74.7 Å². The van der Waals surface area contributed by atoms with Crippen LogP contribution in [0, 0.1) is 12.8 Å². The maximum absolute atomic E-state index is 12.4. The first-order valence-corrected chi connectivity index (χ1v) is 8.05. The Morgan fingerprint density at radius 2 is 2.16 bits per heavy atom. The van der Waals surface area contributed by atoms with E-state index < -0.39 is 21.9 Å². The maximum Gasteiger partial charge on any atom is 0.307 e. The molecule has 1 N–H and O–H groups in total. The number of benzene rings is 1. The van der Waals surface area contributed by atoms with Crippen molar-refractivity contribution in [2.75, 3.05) is 13.1 Å². The fourth-order valence-electron chi connectivity index (χ4n) is 2.03. The SMILES string of the molecule is Cc1ccc(S(=O)(=O)N2CCC(C(=O)O)C2)cc1Br. The minimum absolute atomic E-state index is 0.0448. The lowest BCUT2D eigenvalue weighted by Crippen LogP contribution is -2.30. The minimum atomic E-state index is -3.60. The van der Waals surface area contributed by atoms with E-state index in [1.165, 1.54) is 4.31 Å². The molecule has 1 aliphatic rings. The Morgan fingerprint density at radius 3 is 2.68 bits per heavy atom. The van der Waals surface area contributed by atoms with E-state index in [1.807, 2.05) is 6.92 Å². The number of hydrogen-bond acceptors (Lipinski definition) is 3. The fraction of sp³-hybridized carbons (Fsp3) is 0.417. The lowest BCUT2D eigenvalue weighted by Gasteiger charge is -2.16. The van der Waals surface area contributed by atoms with E-state index in [0.717, 1.165) is 10.0 Å². The molecule has 0 amide bonds. The summed E-state index contributed by atoms with van der Waals surface area (Å²) in [6.45, 7) is 2.17. The molecular weight excluding hydrogens is 334 g/mol. The lowest BCUT2D eigenvalue weighted by atomic mass is 10.1. The Kier molecular flexibility index (Phi) is 3.98. The Hall–Kier alpha value is -0.920. The van der Waals surface area contributed by atoms with Crippen LogP contribution in [0.3, 0.4) is 0 Å². The Balaban J connectivity index is 2.28. The first-order valence-electron chi connectivity index (χ1n) is 5.81. The van der Waals surface area contributed by atoms with Crippen molar-refractivity contribution in [2.45, 2.75) is 18.2 Å². The van der Waals surface area contributed by atoms with Crippen molar-refractivity contribution < 1.29 is 18.3 Å². The van der Waals surface area contributed by atoms with Crippen LogP contribution in [0.4, 0.5) is 0 Å². The molecule has 7 heteroatoms. The molecule has 0 aromatic heterocycles. The van der Waals surface area contributed by atoms with Crippen LogP contribution in [0.15, 0.2) is 27.6 Å². The summed E-state index contributed by atoms with van der Waals surface area (Å²) in [7, 11) is -3.60. The third-order valence-electron chi connectivity index (χ3n) is 3.28. The van der Waals surface area contributed by atoms with E-state index in [4.69, 9.17) is 5.11 Å². The van der Waals surface area contributed by atoms with E-state index in [2.05, 4.69) is 15.9 Å². The number of carboxylic acids is 1. The lowest BCUT2D eigenvalue weighted by molar-refractivity contribution is -0.141. The summed E-state index contributed by atoms with van der Waals surface area (Å²) in [5.74, 6) is -1.55. The molecule has 1 aromatic carbocycles. The summed E-state index contributed by atoms with van der Waals surface area (Å²) < 4.78 is 26.7. The molecule has 5 nitrogen and oxygen atoms in total. The van der Waals surface area contributed by atoms with E-state index in [1.54, 1.807) is 18.2 Å². The number of rotatable bonds is 3. The second kappa shape index (κ2) is 5.22. The minimum Gasteiger partial charge on any atom is -0.481 e. The predicted octanol–water partition coefficient (Wildman–Crippen LogP) is 1.85. The van der Waals surface area contributed by atoms with E-state index in [9.17, 15) is 13.2 Å². The van der Waals surface area contributed by atoms with E-state index in [-0.39, 0.29) is 18.0 Å². The van der Waals surface area contributed by atoms with Crippen molar-refractivity contribution in [2.24, 2.45) is 5.92 Å². The van der Waals surface area contributed by atoms with Gasteiger partial charge in [-0.05, 0) is 31.0 Å². The number of sulfonamides is 1. The van der Waals surface area contributed by atoms with Gasteiger partial charge in [-0.1, -0.05) is 22.0 Å². The largest absolute Gasteiger partial charge is 0.481 e. The zero-order valence-electron chi connectivity index (χ0n) is 10.3. The third kappa shape index (κ3) is 2.82.